The molecule has 0 aliphatic carbocycles. The Bertz CT molecular complexity index is 773. The number of halogens is 1. The number of oxime groups is 1. The maximum Gasteiger partial charge on any atom is 0.414 e. The average molecular weight is 378 g/mol. The first-order chi connectivity index (χ1) is 12.8. The number of rotatable bonds is 5. The van der Waals surface area contributed by atoms with Gasteiger partial charge in [-0.2, -0.15) is 0 Å². The van der Waals surface area contributed by atoms with Gasteiger partial charge < -0.3 is 19.8 Å². The van der Waals surface area contributed by atoms with Gasteiger partial charge in [0.25, 0.3) is 0 Å². The highest BCUT2D eigenvalue weighted by Crippen LogP contribution is 2.35. The lowest BCUT2D eigenvalue weighted by atomic mass is 9.91. The molecule has 3 atom stereocenters. The van der Waals surface area contributed by atoms with Crippen LogP contribution in [-0.4, -0.2) is 56.1 Å². The summed E-state index contributed by atoms with van der Waals surface area (Å²) in [5.74, 6) is -0.647. The lowest BCUT2D eigenvalue weighted by Gasteiger charge is -2.47. The molecule has 27 heavy (non-hydrogen) atoms. The van der Waals surface area contributed by atoms with Crippen LogP contribution in [0.1, 0.15) is 20.8 Å². The van der Waals surface area contributed by atoms with E-state index < -0.39 is 11.9 Å². The number of nitrogens with zero attached hydrogens (tertiary/aromatic N) is 3. The Balaban J connectivity index is 1.81. The number of carbonyl (C=O) groups is 2. The molecule has 1 aromatic carbocycles. The van der Waals surface area contributed by atoms with Crippen molar-refractivity contribution < 1.29 is 23.6 Å². The fraction of sp³-hybridized carbons (Fsp3) is 0.500. The van der Waals surface area contributed by atoms with Crippen LogP contribution in [-0.2, 0) is 14.4 Å². The zero-order chi connectivity index (χ0) is 19.7. The van der Waals surface area contributed by atoms with E-state index in [1.807, 2.05) is 18.7 Å². The predicted octanol–water partition coefficient (Wildman–Crippen LogP) is 1.89. The molecule has 2 aliphatic heterocycles. The fourth-order valence-corrected chi connectivity index (χ4v) is 3.61. The van der Waals surface area contributed by atoms with Gasteiger partial charge in [0.15, 0.2) is 0 Å². The maximum atomic E-state index is 14.8. The Kier molecular flexibility index (Phi) is 5.20. The van der Waals surface area contributed by atoms with Crippen molar-refractivity contribution in [3.8, 4) is 0 Å². The molecule has 2 aliphatic rings. The van der Waals surface area contributed by atoms with Crippen molar-refractivity contribution in [2.24, 2.45) is 5.16 Å². The predicted molar refractivity (Wildman–Crippen MR) is 98.5 cm³/mol. The van der Waals surface area contributed by atoms with Crippen LogP contribution in [0.5, 0.6) is 0 Å². The van der Waals surface area contributed by atoms with Gasteiger partial charge in [0.05, 0.1) is 29.5 Å². The second-order valence-electron chi connectivity index (χ2n) is 6.63. The molecule has 2 fully saturated rings. The van der Waals surface area contributed by atoms with Gasteiger partial charge in [-0.15, -0.1) is 0 Å². The number of ether oxygens (including phenoxy) is 1. The third-order valence-electron chi connectivity index (χ3n) is 4.92. The van der Waals surface area contributed by atoms with Crippen molar-refractivity contribution in [2.75, 3.05) is 30.1 Å². The number of hydrogen-bond donors (Lipinski definition) is 1. The zero-order valence-electron chi connectivity index (χ0n) is 15.7. The Morgan fingerprint density at radius 2 is 2.11 bits per heavy atom. The summed E-state index contributed by atoms with van der Waals surface area (Å²) in [5, 5.41) is 6.64. The monoisotopic (exact) mass is 378 g/mol. The second-order valence-corrected chi connectivity index (χ2v) is 6.63. The van der Waals surface area contributed by atoms with E-state index in [1.54, 1.807) is 12.1 Å². The van der Waals surface area contributed by atoms with E-state index in [4.69, 9.17) is 9.57 Å². The second kappa shape index (κ2) is 7.42. The molecule has 2 amide bonds. The molecule has 0 bridgehead atoms. The number of carbonyl (C=O) groups excluding carboxylic acids is 2. The highest BCUT2D eigenvalue weighted by Gasteiger charge is 2.42. The van der Waals surface area contributed by atoms with Crippen LogP contribution in [0.4, 0.5) is 20.6 Å². The molecule has 3 unspecified atom stereocenters. The summed E-state index contributed by atoms with van der Waals surface area (Å²) in [6.45, 7) is 5.62. The highest BCUT2D eigenvalue weighted by molar-refractivity contribution is 6.05. The maximum absolute atomic E-state index is 14.8. The first kappa shape index (κ1) is 18.9. The van der Waals surface area contributed by atoms with Gasteiger partial charge in [-0.1, -0.05) is 5.16 Å². The van der Waals surface area contributed by atoms with E-state index in [0.29, 0.717) is 11.4 Å². The van der Waals surface area contributed by atoms with E-state index in [9.17, 15) is 14.0 Å². The van der Waals surface area contributed by atoms with Crippen molar-refractivity contribution in [2.45, 2.75) is 38.9 Å². The number of amides is 2. The molecule has 1 aromatic rings. The van der Waals surface area contributed by atoms with Gasteiger partial charge in [0, 0.05) is 13.5 Å². The van der Waals surface area contributed by atoms with Crippen LogP contribution < -0.4 is 15.1 Å². The summed E-state index contributed by atoms with van der Waals surface area (Å²) in [7, 11) is 1.48. The molecule has 2 heterocycles. The fourth-order valence-electron chi connectivity index (χ4n) is 3.61. The quantitative estimate of drug-likeness (QED) is 0.791. The van der Waals surface area contributed by atoms with E-state index in [-0.39, 0.29) is 37.2 Å². The summed E-state index contributed by atoms with van der Waals surface area (Å²) < 4.78 is 19.9. The first-order valence-electron chi connectivity index (χ1n) is 8.74. The summed E-state index contributed by atoms with van der Waals surface area (Å²) in [5.41, 5.74) is 1.67. The molecule has 9 heteroatoms. The Morgan fingerprint density at radius 1 is 1.41 bits per heavy atom. The molecule has 1 N–H and O–H groups in total. The smallest absolute Gasteiger partial charge is 0.414 e. The van der Waals surface area contributed by atoms with E-state index >= 15 is 0 Å². The molecular formula is C18H23FN4O4. The van der Waals surface area contributed by atoms with Crippen molar-refractivity contribution in [1.82, 2.24) is 5.32 Å². The SMILES string of the molecule is CON=C1C(C)N(c2ccc(N3C(=O)OCC3CNC(C)=O)cc2F)C1C. The van der Waals surface area contributed by atoms with E-state index in [0.717, 1.165) is 5.71 Å². The number of cyclic esters (lactones) is 1. The minimum atomic E-state index is -0.558. The summed E-state index contributed by atoms with van der Waals surface area (Å²) in [6.07, 6.45) is -0.558. The summed E-state index contributed by atoms with van der Waals surface area (Å²) >= 11 is 0. The van der Waals surface area contributed by atoms with Gasteiger partial charge in [-0.05, 0) is 32.0 Å². The number of benzene rings is 1. The summed E-state index contributed by atoms with van der Waals surface area (Å²) in [4.78, 5) is 31.3. The minimum absolute atomic E-state index is 0.0791. The van der Waals surface area contributed by atoms with Gasteiger partial charge in [0.2, 0.25) is 5.91 Å². The molecule has 0 aromatic heterocycles. The van der Waals surface area contributed by atoms with Crippen LogP contribution in [0, 0.1) is 5.82 Å². The average Bonchev–Trinajstić information content (AvgIpc) is 3.00. The van der Waals surface area contributed by atoms with Gasteiger partial charge in [-0.25, -0.2) is 9.18 Å². The topological polar surface area (TPSA) is 83.5 Å². The van der Waals surface area contributed by atoms with Crippen LogP contribution in [0.2, 0.25) is 0 Å². The zero-order valence-corrected chi connectivity index (χ0v) is 15.7. The Morgan fingerprint density at radius 3 is 2.70 bits per heavy atom. The number of anilines is 2. The largest absolute Gasteiger partial charge is 0.447 e. The lowest BCUT2D eigenvalue weighted by Crippen LogP contribution is -2.63. The van der Waals surface area contributed by atoms with Crippen LogP contribution in [0.3, 0.4) is 0 Å². The normalized spacial score (nSPS) is 24.4. The standard InChI is InChI=1S/C18H23FN4O4/c1-10-17(21-26-4)11(2)22(10)16-6-5-13(7-15(16)19)23-14(8-20-12(3)24)9-27-18(23)25/h5-7,10-11,14H,8-9H2,1-4H3,(H,20,24). The molecule has 0 spiro atoms. The third-order valence-corrected chi connectivity index (χ3v) is 4.92. The highest BCUT2D eigenvalue weighted by atomic mass is 19.1. The van der Waals surface area contributed by atoms with Crippen LogP contribution >= 0.6 is 0 Å². The van der Waals surface area contributed by atoms with Crippen molar-refractivity contribution >= 4 is 29.1 Å². The van der Waals surface area contributed by atoms with E-state index in [2.05, 4.69) is 10.5 Å². The molecule has 8 nitrogen and oxygen atoms in total. The Labute approximate surface area is 156 Å². The molecule has 2 saturated heterocycles. The van der Waals surface area contributed by atoms with Gasteiger partial charge in [0.1, 0.15) is 25.2 Å². The third kappa shape index (κ3) is 3.41. The molecule has 146 valence electrons. The van der Waals surface area contributed by atoms with Crippen molar-refractivity contribution in [3.63, 3.8) is 0 Å². The van der Waals surface area contributed by atoms with Gasteiger partial charge >= 0.3 is 6.09 Å². The van der Waals surface area contributed by atoms with Crippen molar-refractivity contribution in [1.29, 1.82) is 0 Å². The van der Waals surface area contributed by atoms with Crippen molar-refractivity contribution in [3.05, 3.63) is 24.0 Å². The molecular weight excluding hydrogens is 355 g/mol. The number of hydrogen-bond acceptors (Lipinski definition) is 6. The summed E-state index contributed by atoms with van der Waals surface area (Å²) in [6, 6.07) is 4.09. The minimum Gasteiger partial charge on any atom is -0.447 e. The van der Waals surface area contributed by atoms with E-state index in [1.165, 1.54) is 25.0 Å². The first-order valence-corrected chi connectivity index (χ1v) is 8.74. The number of nitrogens with one attached hydrogen (secondary N) is 1. The Hall–Kier alpha value is -2.84. The molecule has 0 radical (unpaired) electrons. The molecule has 0 saturated carbocycles. The van der Waals surface area contributed by atoms with Crippen LogP contribution in [0.25, 0.3) is 0 Å². The lowest BCUT2D eigenvalue weighted by molar-refractivity contribution is -0.119. The van der Waals surface area contributed by atoms with Gasteiger partial charge in [-0.3, -0.25) is 9.69 Å². The van der Waals surface area contributed by atoms with Crippen LogP contribution in [0.15, 0.2) is 23.4 Å². The molecule has 3 rings (SSSR count).